The maximum Gasteiger partial charge on any atom is 0.276 e. The lowest BCUT2D eigenvalue weighted by molar-refractivity contribution is -0.130. The molecule has 2 rings (SSSR count). The van der Waals surface area contributed by atoms with Crippen molar-refractivity contribution in [3.63, 3.8) is 0 Å². The molecule has 4 N–H and O–H groups in total. The molecule has 2 aromatic rings. The van der Waals surface area contributed by atoms with E-state index >= 15 is 0 Å². The van der Waals surface area contributed by atoms with Crippen LogP contribution in [0.5, 0.6) is 11.5 Å². The molecule has 10 nitrogen and oxygen atoms in total. The van der Waals surface area contributed by atoms with Gasteiger partial charge in [0.1, 0.15) is 11.5 Å². The molecule has 0 aliphatic carbocycles. The fraction of sp³-hybridized carbons (Fsp3) is 0.407. The minimum atomic E-state index is -0.477. The Labute approximate surface area is 238 Å². The van der Waals surface area contributed by atoms with E-state index < -0.39 is 11.8 Å². The Bertz CT molecular complexity index is 1060. The number of rotatable bonds is 14. The third-order valence-corrected chi connectivity index (χ3v) is 6.34. The second kappa shape index (κ2) is 17.2. The lowest BCUT2D eigenvalue weighted by Gasteiger charge is -2.10. The number of carbonyl (C=O) groups is 4. The van der Waals surface area contributed by atoms with Crippen molar-refractivity contribution in [1.29, 1.82) is 0 Å². The second-order valence-electron chi connectivity index (χ2n) is 8.86. The average molecular weight is 581 g/mol. The number of ether oxygens (including phenoxy) is 2. The van der Waals surface area contributed by atoms with E-state index in [0.29, 0.717) is 34.4 Å². The maximum absolute atomic E-state index is 11.9. The number of nitrogens with one attached hydrogen (secondary N) is 4. The van der Waals surface area contributed by atoms with Gasteiger partial charge in [0, 0.05) is 22.9 Å². The Morgan fingerprint density at radius 1 is 0.590 bits per heavy atom. The van der Waals surface area contributed by atoms with E-state index in [1.54, 1.807) is 36.4 Å². The number of benzene rings is 2. The smallest absolute Gasteiger partial charge is 0.276 e. The zero-order valence-corrected chi connectivity index (χ0v) is 23.5. The lowest BCUT2D eigenvalue weighted by atomic mass is 10.1. The molecule has 0 aromatic heterocycles. The molecule has 2 aromatic carbocycles. The summed E-state index contributed by atoms with van der Waals surface area (Å²) in [6.45, 7) is 3.18. The first-order valence-corrected chi connectivity index (χ1v) is 13.3. The van der Waals surface area contributed by atoms with E-state index in [9.17, 15) is 19.2 Å². The topological polar surface area (TPSA) is 135 Å². The zero-order chi connectivity index (χ0) is 28.6. The van der Waals surface area contributed by atoms with Crippen LogP contribution in [0.2, 0.25) is 10.0 Å². The Morgan fingerprint density at radius 3 is 1.33 bits per heavy atom. The van der Waals surface area contributed by atoms with Crippen LogP contribution in [-0.2, 0) is 19.2 Å². The highest BCUT2D eigenvalue weighted by Gasteiger charge is 2.08. The molecular formula is C27H34Cl2N4O6. The summed E-state index contributed by atoms with van der Waals surface area (Å²) in [6, 6.07) is 10.1. The number of carbonyl (C=O) groups excluding carboxylic acids is 4. The van der Waals surface area contributed by atoms with Crippen molar-refractivity contribution in [3.05, 3.63) is 57.6 Å². The fourth-order valence-electron chi connectivity index (χ4n) is 3.29. The van der Waals surface area contributed by atoms with E-state index in [2.05, 4.69) is 21.7 Å². The Morgan fingerprint density at radius 2 is 0.949 bits per heavy atom. The van der Waals surface area contributed by atoms with Crippen LogP contribution in [0.1, 0.15) is 56.1 Å². The number of unbranched alkanes of at least 4 members (excludes halogenated alkanes) is 4. The lowest BCUT2D eigenvalue weighted by Crippen LogP contribution is -2.43. The van der Waals surface area contributed by atoms with E-state index in [-0.39, 0.29) is 37.9 Å². The molecule has 0 atom stereocenters. The third kappa shape index (κ3) is 13.2. The molecular weight excluding hydrogens is 547 g/mol. The van der Waals surface area contributed by atoms with Crippen molar-refractivity contribution < 1.29 is 28.7 Å². The van der Waals surface area contributed by atoms with Gasteiger partial charge in [0.2, 0.25) is 11.8 Å². The average Bonchev–Trinajstić information content (AvgIpc) is 2.91. The van der Waals surface area contributed by atoms with Crippen LogP contribution in [0.25, 0.3) is 0 Å². The summed E-state index contributed by atoms with van der Waals surface area (Å²) in [6.07, 6.45) is 4.29. The van der Waals surface area contributed by atoms with Crippen LogP contribution >= 0.6 is 23.2 Å². The van der Waals surface area contributed by atoms with Crippen LogP contribution in [-0.4, -0.2) is 36.8 Å². The summed E-state index contributed by atoms with van der Waals surface area (Å²) in [7, 11) is 0. The van der Waals surface area contributed by atoms with Gasteiger partial charge in [0.25, 0.3) is 11.8 Å². The molecule has 0 heterocycles. The highest BCUT2D eigenvalue weighted by Crippen LogP contribution is 2.21. The largest absolute Gasteiger partial charge is 0.484 e. The quantitative estimate of drug-likeness (QED) is 0.196. The predicted molar refractivity (Wildman–Crippen MR) is 148 cm³/mol. The summed E-state index contributed by atoms with van der Waals surface area (Å²) in [5, 5.41) is 1.22. The minimum absolute atomic E-state index is 0.241. The summed E-state index contributed by atoms with van der Waals surface area (Å²) in [5.74, 6) is -0.526. The molecule has 0 unspecified atom stereocenters. The van der Waals surface area contributed by atoms with Gasteiger partial charge in [-0.2, -0.15) is 0 Å². The standard InChI is InChI=1S/C27H34Cl2N4O6/c1-18-14-20(10-12-22(18)28)38-16-26(36)32-30-24(34)8-6-4-3-5-7-9-25(35)31-33-27(37)17-39-21-11-13-23(29)19(2)15-21/h10-15H,3-9,16-17H2,1-2H3,(H,30,34)(H,31,35)(H,32,36)(H,33,37). The molecule has 0 aliphatic rings. The van der Waals surface area contributed by atoms with Gasteiger partial charge in [-0.3, -0.25) is 40.9 Å². The normalized spacial score (nSPS) is 10.4. The number of hydrogen-bond acceptors (Lipinski definition) is 6. The number of halogens is 2. The van der Waals surface area contributed by atoms with Crippen molar-refractivity contribution in [2.75, 3.05) is 13.2 Å². The van der Waals surface area contributed by atoms with Crippen molar-refractivity contribution in [1.82, 2.24) is 21.7 Å². The minimum Gasteiger partial charge on any atom is -0.484 e. The zero-order valence-electron chi connectivity index (χ0n) is 22.0. The number of hydrogen-bond donors (Lipinski definition) is 4. The fourth-order valence-corrected chi connectivity index (χ4v) is 3.52. The van der Waals surface area contributed by atoms with Gasteiger partial charge in [-0.15, -0.1) is 0 Å². The van der Waals surface area contributed by atoms with Gasteiger partial charge < -0.3 is 9.47 Å². The predicted octanol–water partition coefficient (Wildman–Crippen LogP) is 4.09. The SMILES string of the molecule is Cc1cc(OCC(=O)NNC(=O)CCCCCCCC(=O)NNC(=O)COc2ccc(Cl)c(C)c2)ccc1Cl. The van der Waals surface area contributed by atoms with E-state index in [0.717, 1.165) is 30.4 Å². The summed E-state index contributed by atoms with van der Waals surface area (Å²) >= 11 is 11.9. The van der Waals surface area contributed by atoms with E-state index in [1.807, 2.05) is 13.8 Å². The molecule has 0 saturated heterocycles. The van der Waals surface area contributed by atoms with E-state index in [1.165, 1.54) is 0 Å². The van der Waals surface area contributed by atoms with Crippen LogP contribution in [0, 0.1) is 13.8 Å². The summed E-state index contributed by atoms with van der Waals surface area (Å²) in [4.78, 5) is 47.4. The number of hydrazine groups is 2. The van der Waals surface area contributed by atoms with Crippen LogP contribution < -0.4 is 31.2 Å². The Hall–Kier alpha value is -3.50. The first kappa shape index (κ1) is 31.7. The highest BCUT2D eigenvalue weighted by atomic mass is 35.5. The van der Waals surface area contributed by atoms with Crippen molar-refractivity contribution in [3.8, 4) is 11.5 Å². The molecule has 0 fully saturated rings. The van der Waals surface area contributed by atoms with Gasteiger partial charge in [0.05, 0.1) is 0 Å². The van der Waals surface area contributed by atoms with Gasteiger partial charge in [0.15, 0.2) is 13.2 Å². The van der Waals surface area contributed by atoms with Crippen LogP contribution in [0.3, 0.4) is 0 Å². The highest BCUT2D eigenvalue weighted by molar-refractivity contribution is 6.31. The molecule has 0 bridgehead atoms. The Balaban J connectivity index is 1.43. The molecule has 4 amide bonds. The first-order valence-electron chi connectivity index (χ1n) is 12.6. The number of aryl methyl sites for hydroxylation is 2. The molecule has 0 radical (unpaired) electrons. The van der Waals surface area contributed by atoms with Crippen molar-refractivity contribution >= 4 is 46.8 Å². The van der Waals surface area contributed by atoms with Gasteiger partial charge >= 0.3 is 0 Å². The van der Waals surface area contributed by atoms with Gasteiger partial charge in [-0.05, 0) is 74.2 Å². The molecule has 0 saturated carbocycles. The third-order valence-electron chi connectivity index (χ3n) is 5.49. The first-order chi connectivity index (χ1) is 18.6. The van der Waals surface area contributed by atoms with E-state index in [4.69, 9.17) is 32.7 Å². The monoisotopic (exact) mass is 580 g/mol. The van der Waals surface area contributed by atoms with Gasteiger partial charge in [-0.25, -0.2) is 0 Å². The maximum atomic E-state index is 11.9. The molecule has 39 heavy (non-hydrogen) atoms. The molecule has 0 aliphatic heterocycles. The molecule has 212 valence electrons. The van der Waals surface area contributed by atoms with Crippen LogP contribution in [0.15, 0.2) is 36.4 Å². The summed E-state index contributed by atoms with van der Waals surface area (Å²) in [5.41, 5.74) is 11.0. The summed E-state index contributed by atoms with van der Waals surface area (Å²) < 4.78 is 10.7. The van der Waals surface area contributed by atoms with Gasteiger partial charge in [-0.1, -0.05) is 42.5 Å². The van der Waals surface area contributed by atoms with Crippen molar-refractivity contribution in [2.24, 2.45) is 0 Å². The van der Waals surface area contributed by atoms with Crippen molar-refractivity contribution in [2.45, 2.75) is 58.8 Å². The molecule has 0 spiro atoms. The molecule has 12 heteroatoms. The van der Waals surface area contributed by atoms with Crippen LogP contribution in [0.4, 0.5) is 0 Å². The second-order valence-corrected chi connectivity index (χ2v) is 9.67. The Kier molecular flexibility index (Phi) is 14.0. The number of amides is 4.